The second kappa shape index (κ2) is 3.53. The third-order valence-electron chi connectivity index (χ3n) is 1.80. The van der Waals surface area contributed by atoms with Crippen molar-refractivity contribution in [3.05, 3.63) is 47.0 Å². The van der Waals surface area contributed by atoms with Gasteiger partial charge in [0.25, 0.3) is 0 Å². The Morgan fingerprint density at radius 2 is 2.08 bits per heavy atom. The lowest BCUT2D eigenvalue weighted by Gasteiger charge is -2.00. The van der Waals surface area contributed by atoms with Gasteiger partial charge in [-0.3, -0.25) is 9.78 Å². The minimum absolute atomic E-state index is 0.587. The van der Waals surface area contributed by atoms with E-state index in [1.807, 2.05) is 22.9 Å². The predicted molar refractivity (Wildman–Crippen MR) is 53.0 cm³/mol. The highest BCUT2D eigenvalue weighted by atomic mass is 32.1. The molecule has 0 saturated heterocycles. The first-order valence-corrected chi connectivity index (χ1v) is 4.41. The Labute approximate surface area is 81.0 Å². The van der Waals surface area contributed by atoms with Crippen LogP contribution in [0.2, 0.25) is 0 Å². The van der Waals surface area contributed by atoms with Crippen molar-refractivity contribution in [2.24, 2.45) is 0 Å². The standard InChI is InChI=1S/C9H9N3S/c13-9-10-7-11-12(9)6-8-4-2-1-3-5-8/h1-5,7H,6H2,(H,10,11,13). The lowest BCUT2D eigenvalue weighted by molar-refractivity contribution is 0.675. The fraction of sp³-hybridized carbons (Fsp3) is 0.111. The van der Waals surface area contributed by atoms with Crippen LogP contribution in [0.25, 0.3) is 0 Å². The molecule has 0 aliphatic heterocycles. The van der Waals surface area contributed by atoms with E-state index in [9.17, 15) is 0 Å². The molecule has 1 N–H and O–H groups in total. The highest BCUT2D eigenvalue weighted by Crippen LogP contribution is 2.00. The molecule has 0 aliphatic rings. The topological polar surface area (TPSA) is 33.6 Å². The zero-order valence-electron chi connectivity index (χ0n) is 6.97. The number of nitrogens with one attached hydrogen (secondary N) is 1. The van der Waals surface area contributed by atoms with E-state index >= 15 is 0 Å². The van der Waals surface area contributed by atoms with E-state index in [0.717, 1.165) is 6.54 Å². The molecule has 0 spiro atoms. The normalized spacial score (nSPS) is 10.2. The molecule has 1 aromatic heterocycles. The molecule has 0 aliphatic carbocycles. The van der Waals surface area contributed by atoms with Gasteiger partial charge in [0.15, 0.2) is 0 Å². The molecule has 1 heterocycles. The van der Waals surface area contributed by atoms with Crippen molar-refractivity contribution in [3.63, 3.8) is 0 Å². The summed E-state index contributed by atoms with van der Waals surface area (Å²) in [5.74, 6) is 0. The number of nitrogens with zero attached hydrogens (tertiary/aromatic N) is 2. The number of benzene rings is 1. The second-order valence-corrected chi connectivity index (χ2v) is 3.11. The van der Waals surface area contributed by atoms with Crippen LogP contribution in [0.5, 0.6) is 0 Å². The molecule has 66 valence electrons. The summed E-state index contributed by atoms with van der Waals surface area (Å²) in [5.41, 5.74) is 1.21. The molecule has 4 heteroatoms. The molecule has 0 radical (unpaired) electrons. The second-order valence-electron chi connectivity index (χ2n) is 2.74. The molecule has 1 aromatic carbocycles. The van der Waals surface area contributed by atoms with Crippen LogP contribution >= 0.6 is 12.2 Å². The van der Waals surface area contributed by atoms with Gasteiger partial charge in [-0.05, 0) is 17.8 Å². The summed E-state index contributed by atoms with van der Waals surface area (Å²) in [7, 11) is 0. The number of aromatic amines is 1. The first-order valence-electron chi connectivity index (χ1n) is 4.00. The van der Waals surface area contributed by atoms with Gasteiger partial charge < -0.3 is 0 Å². The van der Waals surface area contributed by atoms with Crippen LogP contribution in [0, 0.1) is 4.77 Å². The van der Waals surface area contributed by atoms with Crippen molar-refractivity contribution in [2.75, 3.05) is 0 Å². The minimum Gasteiger partial charge on any atom is -0.285 e. The summed E-state index contributed by atoms with van der Waals surface area (Å²) in [5, 5.41) is 2.96. The average molecular weight is 191 g/mol. The predicted octanol–water partition coefficient (Wildman–Crippen LogP) is 1.99. The first kappa shape index (κ1) is 8.19. The van der Waals surface area contributed by atoms with Crippen LogP contribution in [-0.4, -0.2) is 14.8 Å². The zero-order chi connectivity index (χ0) is 9.10. The van der Waals surface area contributed by atoms with Crippen molar-refractivity contribution in [1.29, 1.82) is 0 Å². The van der Waals surface area contributed by atoms with Gasteiger partial charge in [-0.1, -0.05) is 30.3 Å². The van der Waals surface area contributed by atoms with Gasteiger partial charge in [0, 0.05) is 0 Å². The van der Waals surface area contributed by atoms with Gasteiger partial charge in [-0.25, -0.2) is 4.98 Å². The molecule has 0 fully saturated rings. The third-order valence-corrected chi connectivity index (χ3v) is 2.13. The molecule has 0 saturated carbocycles. The van der Waals surface area contributed by atoms with Crippen LogP contribution < -0.4 is 0 Å². The highest BCUT2D eigenvalue weighted by Gasteiger charge is 1.94. The fourth-order valence-corrected chi connectivity index (χ4v) is 1.33. The van der Waals surface area contributed by atoms with E-state index in [2.05, 4.69) is 22.2 Å². The molecular weight excluding hydrogens is 182 g/mol. The van der Waals surface area contributed by atoms with Gasteiger partial charge in [0.1, 0.15) is 6.33 Å². The summed E-state index contributed by atoms with van der Waals surface area (Å²) in [6.07, 6.45) is 1.60. The maximum absolute atomic E-state index is 5.01. The number of hydrogen-bond acceptors (Lipinski definition) is 2. The number of hydrogen-bond donors (Lipinski definition) is 1. The molecule has 0 bridgehead atoms. The van der Waals surface area contributed by atoms with Crippen molar-refractivity contribution in [3.8, 4) is 0 Å². The number of aromatic nitrogens is 3. The van der Waals surface area contributed by atoms with Crippen molar-refractivity contribution in [1.82, 2.24) is 14.8 Å². The Bertz CT molecular complexity index is 429. The van der Waals surface area contributed by atoms with E-state index in [4.69, 9.17) is 12.2 Å². The molecular formula is C9H9N3S. The monoisotopic (exact) mass is 191 g/mol. The molecule has 0 atom stereocenters. The van der Waals surface area contributed by atoms with Gasteiger partial charge in [0.05, 0.1) is 6.54 Å². The van der Waals surface area contributed by atoms with Crippen LogP contribution in [0.15, 0.2) is 36.7 Å². The van der Waals surface area contributed by atoms with Gasteiger partial charge in [-0.2, -0.15) is 0 Å². The number of H-pyrrole nitrogens is 1. The van der Waals surface area contributed by atoms with Gasteiger partial charge >= 0.3 is 0 Å². The number of rotatable bonds is 2. The van der Waals surface area contributed by atoms with Crippen molar-refractivity contribution >= 4 is 12.2 Å². The molecule has 2 rings (SSSR count). The molecule has 0 amide bonds. The Hall–Kier alpha value is -1.42. The van der Waals surface area contributed by atoms with Crippen LogP contribution in [0.4, 0.5) is 0 Å². The molecule has 2 aromatic rings. The van der Waals surface area contributed by atoms with Gasteiger partial charge in [-0.15, -0.1) is 0 Å². The summed E-state index contributed by atoms with van der Waals surface area (Å²) in [4.78, 5) is 3.94. The molecule has 3 nitrogen and oxygen atoms in total. The maximum atomic E-state index is 5.01. The average Bonchev–Trinajstić information content (AvgIpc) is 2.54. The summed E-state index contributed by atoms with van der Waals surface area (Å²) >= 11 is 5.01. The molecule has 0 unspecified atom stereocenters. The Morgan fingerprint density at radius 1 is 1.31 bits per heavy atom. The zero-order valence-corrected chi connectivity index (χ0v) is 7.79. The summed E-state index contributed by atoms with van der Waals surface area (Å²) in [6.45, 7) is 0.750. The summed E-state index contributed by atoms with van der Waals surface area (Å²) in [6, 6.07) is 10.1. The van der Waals surface area contributed by atoms with Crippen molar-refractivity contribution < 1.29 is 0 Å². The van der Waals surface area contributed by atoms with E-state index in [1.165, 1.54) is 5.56 Å². The SMILES string of the molecule is S=c1nc[nH]n1Cc1ccccc1. The Balaban J connectivity index is 2.25. The smallest absolute Gasteiger partial charge is 0.216 e. The van der Waals surface area contributed by atoms with Crippen LogP contribution in [-0.2, 0) is 6.54 Å². The first-order chi connectivity index (χ1) is 6.36. The largest absolute Gasteiger partial charge is 0.285 e. The third kappa shape index (κ3) is 1.84. The van der Waals surface area contributed by atoms with E-state index in [1.54, 1.807) is 6.33 Å². The lowest BCUT2D eigenvalue weighted by Crippen LogP contribution is -2.00. The van der Waals surface area contributed by atoms with E-state index < -0.39 is 0 Å². The lowest BCUT2D eigenvalue weighted by atomic mass is 10.2. The summed E-state index contributed by atoms with van der Waals surface area (Å²) < 4.78 is 2.41. The van der Waals surface area contributed by atoms with E-state index in [0.29, 0.717) is 4.77 Å². The van der Waals surface area contributed by atoms with Gasteiger partial charge in [0.2, 0.25) is 4.77 Å². The van der Waals surface area contributed by atoms with E-state index in [-0.39, 0.29) is 0 Å². The Kier molecular flexibility index (Phi) is 2.23. The van der Waals surface area contributed by atoms with Crippen LogP contribution in [0.1, 0.15) is 5.56 Å². The minimum atomic E-state index is 0.587. The van der Waals surface area contributed by atoms with Crippen LogP contribution in [0.3, 0.4) is 0 Å². The van der Waals surface area contributed by atoms with Crippen molar-refractivity contribution in [2.45, 2.75) is 6.54 Å². The maximum Gasteiger partial charge on any atom is 0.216 e. The quantitative estimate of drug-likeness (QED) is 0.736. The fourth-order valence-electron chi connectivity index (χ4n) is 1.16. The highest BCUT2D eigenvalue weighted by molar-refractivity contribution is 7.71. The molecule has 13 heavy (non-hydrogen) atoms. The Morgan fingerprint density at radius 3 is 2.69 bits per heavy atom.